The third-order valence-electron chi connectivity index (χ3n) is 3.85. The van der Waals surface area contributed by atoms with E-state index in [1.807, 2.05) is 18.7 Å². The third kappa shape index (κ3) is 5.25. The highest BCUT2D eigenvalue weighted by Gasteiger charge is 2.20. The lowest BCUT2D eigenvalue weighted by molar-refractivity contribution is 0.0664. The number of benzene rings is 1. The summed E-state index contributed by atoms with van der Waals surface area (Å²) < 4.78 is 0. The van der Waals surface area contributed by atoms with Gasteiger partial charge < -0.3 is 20.4 Å². The van der Waals surface area contributed by atoms with E-state index in [0.717, 1.165) is 26.2 Å². The fraction of sp³-hybridized carbons (Fsp3) is 0.529. The second-order valence-electron chi connectivity index (χ2n) is 6.40. The van der Waals surface area contributed by atoms with Crippen molar-refractivity contribution in [3.63, 3.8) is 0 Å². The standard InChI is InChI=1S/C17H26N4O2/c1-13(2)12-18-17(23)19-15-6-4-14(5-7-15)16(22)21-10-8-20(3)9-11-21/h4-7,13H,8-12H2,1-3H3,(H2,18,19,23). The highest BCUT2D eigenvalue weighted by atomic mass is 16.2. The minimum absolute atomic E-state index is 0.0499. The first-order chi connectivity index (χ1) is 11.0. The van der Waals surface area contributed by atoms with Crippen LogP contribution in [0.15, 0.2) is 24.3 Å². The summed E-state index contributed by atoms with van der Waals surface area (Å²) in [6, 6.07) is 6.82. The summed E-state index contributed by atoms with van der Waals surface area (Å²) in [5, 5.41) is 5.56. The summed E-state index contributed by atoms with van der Waals surface area (Å²) in [5.74, 6) is 0.457. The molecule has 126 valence electrons. The van der Waals surface area contributed by atoms with Crippen molar-refractivity contribution in [2.24, 2.45) is 5.92 Å². The summed E-state index contributed by atoms with van der Waals surface area (Å²) in [6.45, 7) is 8.03. The molecule has 0 bridgehead atoms. The van der Waals surface area contributed by atoms with Crippen LogP contribution in [-0.2, 0) is 0 Å². The Kier molecular flexibility index (Phi) is 5.98. The minimum atomic E-state index is -0.225. The van der Waals surface area contributed by atoms with Crippen molar-refractivity contribution in [3.8, 4) is 0 Å². The molecule has 1 fully saturated rings. The quantitative estimate of drug-likeness (QED) is 0.890. The van der Waals surface area contributed by atoms with Gasteiger partial charge in [0, 0.05) is 44.0 Å². The van der Waals surface area contributed by atoms with E-state index in [1.54, 1.807) is 24.3 Å². The molecular formula is C17H26N4O2. The molecule has 0 aliphatic carbocycles. The number of piperazine rings is 1. The van der Waals surface area contributed by atoms with E-state index in [0.29, 0.717) is 23.7 Å². The smallest absolute Gasteiger partial charge is 0.319 e. The van der Waals surface area contributed by atoms with Gasteiger partial charge in [0.1, 0.15) is 0 Å². The number of hydrogen-bond donors (Lipinski definition) is 2. The third-order valence-corrected chi connectivity index (χ3v) is 3.85. The molecule has 1 saturated heterocycles. The molecule has 23 heavy (non-hydrogen) atoms. The Labute approximate surface area is 137 Å². The van der Waals surface area contributed by atoms with Crippen molar-refractivity contribution in [1.29, 1.82) is 0 Å². The van der Waals surface area contributed by atoms with Gasteiger partial charge in [-0.15, -0.1) is 0 Å². The van der Waals surface area contributed by atoms with Crippen LogP contribution >= 0.6 is 0 Å². The Hall–Kier alpha value is -2.08. The molecule has 1 aromatic rings. The Morgan fingerprint density at radius 3 is 2.26 bits per heavy atom. The molecule has 1 heterocycles. The number of carbonyl (C=O) groups excluding carboxylic acids is 2. The predicted octanol–water partition coefficient (Wildman–Crippen LogP) is 1.85. The zero-order valence-electron chi connectivity index (χ0n) is 14.1. The number of amides is 3. The van der Waals surface area contributed by atoms with Crippen LogP contribution < -0.4 is 10.6 Å². The summed E-state index contributed by atoms with van der Waals surface area (Å²) in [4.78, 5) is 28.2. The molecule has 2 N–H and O–H groups in total. The zero-order chi connectivity index (χ0) is 16.8. The van der Waals surface area contributed by atoms with Crippen LogP contribution in [0.2, 0.25) is 0 Å². The first-order valence-electron chi connectivity index (χ1n) is 8.08. The maximum Gasteiger partial charge on any atom is 0.319 e. The van der Waals surface area contributed by atoms with Crippen LogP contribution in [0.3, 0.4) is 0 Å². The van der Waals surface area contributed by atoms with E-state index in [1.165, 1.54) is 0 Å². The number of urea groups is 1. The van der Waals surface area contributed by atoms with Crippen LogP contribution in [0.4, 0.5) is 10.5 Å². The zero-order valence-corrected chi connectivity index (χ0v) is 14.1. The van der Waals surface area contributed by atoms with Gasteiger partial charge in [-0.25, -0.2) is 4.79 Å². The Morgan fingerprint density at radius 2 is 1.70 bits per heavy atom. The molecule has 0 saturated carbocycles. The average molecular weight is 318 g/mol. The van der Waals surface area contributed by atoms with E-state index in [2.05, 4.69) is 22.6 Å². The van der Waals surface area contributed by atoms with Gasteiger partial charge >= 0.3 is 6.03 Å². The molecule has 6 heteroatoms. The van der Waals surface area contributed by atoms with Crippen molar-refractivity contribution in [3.05, 3.63) is 29.8 Å². The molecule has 2 rings (SSSR count). The fourth-order valence-corrected chi connectivity index (χ4v) is 2.36. The predicted molar refractivity (Wildman–Crippen MR) is 91.7 cm³/mol. The molecule has 0 spiro atoms. The number of rotatable bonds is 4. The maximum atomic E-state index is 12.4. The first-order valence-corrected chi connectivity index (χ1v) is 8.08. The van der Waals surface area contributed by atoms with Crippen LogP contribution in [0, 0.1) is 5.92 Å². The number of hydrogen-bond acceptors (Lipinski definition) is 3. The van der Waals surface area contributed by atoms with Gasteiger partial charge in [-0.05, 0) is 37.2 Å². The van der Waals surface area contributed by atoms with E-state index < -0.39 is 0 Å². The van der Waals surface area contributed by atoms with Crippen molar-refractivity contribution in [1.82, 2.24) is 15.1 Å². The van der Waals surface area contributed by atoms with Crippen LogP contribution in [0.25, 0.3) is 0 Å². The van der Waals surface area contributed by atoms with E-state index in [-0.39, 0.29) is 11.9 Å². The Bertz CT molecular complexity index is 534. The van der Waals surface area contributed by atoms with Crippen LogP contribution in [-0.4, -0.2) is 61.5 Å². The lowest BCUT2D eigenvalue weighted by atomic mass is 10.1. The van der Waals surface area contributed by atoms with Gasteiger partial charge in [0.2, 0.25) is 0 Å². The highest BCUT2D eigenvalue weighted by molar-refractivity contribution is 5.95. The van der Waals surface area contributed by atoms with Crippen molar-refractivity contribution in [2.75, 3.05) is 45.1 Å². The maximum absolute atomic E-state index is 12.4. The SMILES string of the molecule is CC(C)CNC(=O)Nc1ccc(C(=O)N2CCN(C)CC2)cc1. The van der Waals surface area contributed by atoms with Crippen molar-refractivity contribution >= 4 is 17.6 Å². The minimum Gasteiger partial charge on any atom is -0.338 e. The molecule has 0 atom stereocenters. The van der Waals surface area contributed by atoms with Gasteiger partial charge in [-0.3, -0.25) is 4.79 Å². The molecule has 1 aliphatic rings. The first kappa shape index (κ1) is 17.3. The van der Waals surface area contributed by atoms with E-state index >= 15 is 0 Å². The molecule has 0 radical (unpaired) electrons. The summed E-state index contributed by atoms with van der Waals surface area (Å²) in [7, 11) is 2.06. The van der Waals surface area contributed by atoms with Gasteiger partial charge in [-0.2, -0.15) is 0 Å². The molecule has 0 aromatic heterocycles. The fourth-order valence-electron chi connectivity index (χ4n) is 2.36. The molecular weight excluding hydrogens is 292 g/mol. The molecule has 3 amide bonds. The van der Waals surface area contributed by atoms with Gasteiger partial charge in [0.15, 0.2) is 0 Å². The van der Waals surface area contributed by atoms with E-state index in [9.17, 15) is 9.59 Å². The van der Waals surface area contributed by atoms with Crippen LogP contribution in [0.5, 0.6) is 0 Å². The summed E-state index contributed by atoms with van der Waals surface area (Å²) in [5.41, 5.74) is 1.34. The number of nitrogens with one attached hydrogen (secondary N) is 2. The summed E-state index contributed by atoms with van der Waals surface area (Å²) in [6.07, 6.45) is 0. The second-order valence-corrected chi connectivity index (χ2v) is 6.40. The molecule has 6 nitrogen and oxygen atoms in total. The lowest BCUT2D eigenvalue weighted by Gasteiger charge is -2.32. The van der Waals surface area contributed by atoms with Crippen molar-refractivity contribution in [2.45, 2.75) is 13.8 Å². The number of nitrogens with zero attached hydrogens (tertiary/aromatic N) is 2. The normalized spacial score (nSPS) is 15.6. The molecule has 1 aliphatic heterocycles. The topological polar surface area (TPSA) is 64.7 Å². The van der Waals surface area contributed by atoms with E-state index in [4.69, 9.17) is 0 Å². The van der Waals surface area contributed by atoms with Gasteiger partial charge in [0.25, 0.3) is 5.91 Å². The average Bonchev–Trinajstić information content (AvgIpc) is 2.54. The monoisotopic (exact) mass is 318 g/mol. The Balaban J connectivity index is 1.88. The molecule has 0 unspecified atom stereocenters. The number of anilines is 1. The number of carbonyl (C=O) groups is 2. The molecule has 1 aromatic carbocycles. The van der Waals surface area contributed by atoms with Gasteiger partial charge in [0.05, 0.1) is 0 Å². The highest BCUT2D eigenvalue weighted by Crippen LogP contribution is 2.13. The summed E-state index contributed by atoms with van der Waals surface area (Å²) >= 11 is 0. The largest absolute Gasteiger partial charge is 0.338 e. The van der Waals surface area contributed by atoms with Crippen LogP contribution in [0.1, 0.15) is 24.2 Å². The van der Waals surface area contributed by atoms with Gasteiger partial charge in [-0.1, -0.05) is 13.8 Å². The van der Waals surface area contributed by atoms with Crippen molar-refractivity contribution < 1.29 is 9.59 Å². The Morgan fingerprint density at radius 1 is 1.09 bits per heavy atom. The lowest BCUT2D eigenvalue weighted by Crippen LogP contribution is -2.47. The second kappa shape index (κ2) is 7.97. The number of likely N-dealkylation sites (N-methyl/N-ethyl adjacent to an activating group) is 1.